The Morgan fingerprint density at radius 2 is 1.85 bits per heavy atom. The lowest BCUT2D eigenvalue weighted by atomic mass is 10.2. The van der Waals surface area contributed by atoms with Crippen molar-refractivity contribution < 1.29 is 0 Å². The standard InChI is InChI=1S/C7H8.C4H11NS/c1-7-5-3-2-4-6-7;1-2-3-4-5-6/h2-6H,1H3;5-6H,2-4H2,1H3. The molecule has 1 aromatic carbocycles. The molecular formula is C11H19NS. The van der Waals surface area contributed by atoms with E-state index in [4.69, 9.17) is 0 Å². The van der Waals surface area contributed by atoms with Crippen molar-refractivity contribution in [2.45, 2.75) is 26.7 Å². The molecule has 0 heterocycles. The molecule has 0 aliphatic rings. The van der Waals surface area contributed by atoms with Crippen molar-refractivity contribution in [3.63, 3.8) is 0 Å². The van der Waals surface area contributed by atoms with Crippen LogP contribution in [-0.4, -0.2) is 6.54 Å². The van der Waals surface area contributed by atoms with E-state index in [9.17, 15) is 0 Å². The number of unbranched alkanes of at least 4 members (excludes halogenated alkanes) is 1. The van der Waals surface area contributed by atoms with E-state index in [-0.39, 0.29) is 0 Å². The molecule has 1 aromatic rings. The van der Waals surface area contributed by atoms with Crippen LogP contribution in [0.2, 0.25) is 0 Å². The van der Waals surface area contributed by atoms with E-state index in [0.717, 1.165) is 6.54 Å². The first kappa shape index (κ1) is 12.5. The van der Waals surface area contributed by atoms with Gasteiger partial charge in [0.2, 0.25) is 0 Å². The van der Waals surface area contributed by atoms with Crippen molar-refractivity contribution in [1.82, 2.24) is 4.72 Å². The number of nitrogens with one attached hydrogen (secondary N) is 1. The highest BCUT2D eigenvalue weighted by atomic mass is 32.1. The Bertz CT molecular complexity index is 183. The van der Waals surface area contributed by atoms with Crippen molar-refractivity contribution in [2.75, 3.05) is 6.54 Å². The average molecular weight is 197 g/mol. The van der Waals surface area contributed by atoms with Crippen LogP contribution in [0.15, 0.2) is 30.3 Å². The molecule has 2 heteroatoms. The maximum Gasteiger partial charge on any atom is 0.00560 e. The average Bonchev–Trinajstić information content (AvgIpc) is 2.17. The first-order chi connectivity index (χ1) is 6.31. The van der Waals surface area contributed by atoms with Gasteiger partial charge < -0.3 is 0 Å². The van der Waals surface area contributed by atoms with Gasteiger partial charge in [-0.2, -0.15) is 0 Å². The summed E-state index contributed by atoms with van der Waals surface area (Å²) in [5, 5.41) is 0. The molecule has 0 aliphatic heterocycles. The summed E-state index contributed by atoms with van der Waals surface area (Å²) in [6.45, 7) is 5.27. The third kappa shape index (κ3) is 9.44. The van der Waals surface area contributed by atoms with E-state index in [0.29, 0.717) is 0 Å². The number of rotatable bonds is 3. The van der Waals surface area contributed by atoms with Gasteiger partial charge in [0.05, 0.1) is 0 Å². The van der Waals surface area contributed by atoms with Gasteiger partial charge in [0.15, 0.2) is 0 Å². The number of hydrogen-bond acceptors (Lipinski definition) is 2. The number of thiol groups is 1. The Kier molecular flexibility index (Phi) is 9.27. The Morgan fingerprint density at radius 1 is 1.23 bits per heavy atom. The molecule has 0 atom stereocenters. The lowest BCUT2D eigenvalue weighted by molar-refractivity contribution is 0.779. The van der Waals surface area contributed by atoms with Gasteiger partial charge in [-0.25, -0.2) is 0 Å². The molecule has 0 radical (unpaired) electrons. The number of aryl methyl sites for hydroxylation is 1. The van der Waals surface area contributed by atoms with Gasteiger partial charge in [-0.15, -0.1) is 0 Å². The Labute approximate surface area is 87.1 Å². The number of hydrogen-bond donors (Lipinski definition) is 2. The third-order valence-corrected chi connectivity index (χ3v) is 1.81. The molecule has 13 heavy (non-hydrogen) atoms. The second-order valence-electron chi connectivity index (χ2n) is 2.92. The molecule has 0 amide bonds. The van der Waals surface area contributed by atoms with E-state index in [1.165, 1.54) is 18.4 Å². The fourth-order valence-corrected chi connectivity index (χ4v) is 0.948. The minimum Gasteiger partial charge on any atom is -0.267 e. The summed E-state index contributed by atoms with van der Waals surface area (Å²) in [5.41, 5.74) is 1.32. The molecule has 0 spiro atoms. The second-order valence-corrected chi connectivity index (χ2v) is 3.23. The Balaban J connectivity index is 0.000000226. The third-order valence-electron chi connectivity index (χ3n) is 1.58. The zero-order chi connectivity index (χ0) is 9.94. The highest BCUT2D eigenvalue weighted by Crippen LogP contribution is 1.92. The van der Waals surface area contributed by atoms with Crippen molar-refractivity contribution >= 4 is 12.8 Å². The molecule has 0 aromatic heterocycles. The van der Waals surface area contributed by atoms with Crippen LogP contribution >= 0.6 is 12.8 Å². The maximum absolute atomic E-state index is 3.80. The van der Waals surface area contributed by atoms with E-state index in [1.807, 2.05) is 18.2 Å². The predicted molar refractivity (Wildman–Crippen MR) is 63.1 cm³/mol. The van der Waals surface area contributed by atoms with Crippen LogP contribution in [0.4, 0.5) is 0 Å². The molecule has 0 saturated carbocycles. The first-order valence-electron chi connectivity index (χ1n) is 4.69. The highest BCUT2D eigenvalue weighted by Gasteiger charge is 1.74. The van der Waals surface area contributed by atoms with Gasteiger partial charge in [-0.1, -0.05) is 62.1 Å². The molecule has 0 fully saturated rings. The molecule has 0 unspecified atom stereocenters. The van der Waals surface area contributed by atoms with Crippen LogP contribution in [0.3, 0.4) is 0 Å². The summed E-state index contributed by atoms with van der Waals surface area (Å²) in [4.78, 5) is 0. The van der Waals surface area contributed by atoms with Crippen molar-refractivity contribution in [2.24, 2.45) is 0 Å². The topological polar surface area (TPSA) is 12.0 Å². The summed E-state index contributed by atoms with van der Waals surface area (Å²) in [7, 11) is 0. The second kappa shape index (κ2) is 9.62. The quantitative estimate of drug-likeness (QED) is 0.560. The summed E-state index contributed by atoms with van der Waals surface area (Å²) < 4.78 is 2.76. The molecule has 0 aliphatic carbocycles. The van der Waals surface area contributed by atoms with E-state index in [2.05, 4.69) is 43.5 Å². The number of benzene rings is 1. The molecule has 0 saturated heterocycles. The minimum absolute atomic E-state index is 1.03. The molecule has 1 nitrogen and oxygen atoms in total. The van der Waals surface area contributed by atoms with Gasteiger partial charge >= 0.3 is 0 Å². The zero-order valence-electron chi connectivity index (χ0n) is 8.46. The zero-order valence-corrected chi connectivity index (χ0v) is 9.35. The highest BCUT2D eigenvalue weighted by molar-refractivity contribution is 7.78. The summed E-state index contributed by atoms with van der Waals surface area (Å²) in [6.07, 6.45) is 2.47. The van der Waals surface area contributed by atoms with Gasteiger partial charge in [-0.05, 0) is 13.3 Å². The molecule has 1 N–H and O–H groups in total. The van der Waals surface area contributed by atoms with E-state index in [1.54, 1.807) is 0 Å². The van der Waals surface area contributed by atoms with Crippen LogP contribution in [0, 0.1) is 6.92 Å². The Morgan fingerprint density at radius 3 is 2.08 bits per heavy atom. The van der Waals surface area contributed by atoms with Crippen LogP contribution < -0.4 is 4.72 Å². The van der Waals surface area contributed by atoms with Gasteiger partial charge in [0.1, 0.15) is 0 Å². The normalized spacial score (nSPS) is 8.85. The molecule has 0 bridgehead atoms. The SMILES string of the molecule is CCCCNS.Cc1ccccc1. The van der Waals surface area contributed by atoms with Gasteiger partial charge in [-0.3, -0.25) is 4.72 Å². The molecule has 74 valence electrons. The summed E-state index contributed by atoms with van der Waals surface area (Å²) in [6, 6.07) is 10.3. The molecular weight excluding hydrogens is 178 g/mol. The van der Waals surface area contributed by atoms with Gasteiger partial charge in [0, 0.05) is 6.54 Å². The van der Waals surface area contributed by atoms with Crippen LogP contribution in [0.5, 0.6) is 0 Å². The van der Waals surface area contributed by atoms with Crippen LogP contribution in [0.1, 0.15) is 25.3 Å². The van der Waals surface area contributed by atoms with E-state index >= 15 is 0 Å². The van der Waals surface area contributed by atoms with Gasteiger partial charge in [0.25, 0.3) is 0 Å². The fraction of sp³-hybridized carbons (Fsp3) is 0.455. The van der Waals surface area contributed by atoms with Crippen molar-refractivity contribution in [3.05, 3.63) is 35.9 Å². The minimum atomic E-state index is 1.03. The summed E-state index contributed by atoms with van der Waals surface area (Å²) in [5.74, 6) is 0. The first-order valence-corrected chi connectivity index (χ1v) is 5.14. The van der Waals surface area contributed by atoms with Crippen molar-refractivity contribution in [3.8, 4) is 0 Å². The Hall–Kier alpha value is -0.470. The largest absolute Gasteiger partial charge is 0.267 e. The maximum atomic E-state index is 3.80. The van der Waals surface area contributed by atoms with Crippen LogP contribution in [0.25, 0.3) is 0 Å². The fourth-order valence-electron chi connectivity index (χ4n) is 0.790. The smallest absolute Gasteiger partial charge is 0.00560 e. The lowest BCUT2D eigenvalue weighted by Crippen LogP contribution is -1.98. The predicted octanol–water partition coefficient (Wildman–Crippen LogP) is 3.22. The lowest BCUT2D eigenvalue weighted by Gasteiger charge is -1.88. The molecule has 1 rings (SSSR count). The summed E-state index contributed by atoms with van der Waals surface area (Å²) >= 11 is 3.80. The van der Waals surface area contributed by atoms with Crippen molar-refractivity contribution in [1.29, 1.82) is 0 Å². The van der Waals surface area contributed by atoms with E-state index < -0.39 is 0 Å². The van der Waals surface area contributed by atoms with Crippen LogP contribution in [-0.2, 0) is 0 Å². The monoisotopic (exact) mass is 197 g/mol.